The molecule has 0 bridgehead atoms. The molecule has 0 atom stereocenters. The van der Waals surface area contributed by atoms with Crippen molar-refractivity contribution < 1.29 is 0 Å². The lowest BCUT2D eigenvalue weighted by molar-refractivity contribution is 0.750. The van der Waals surface area contributed by atoms with E-state index in [9.17, 15) is 0 Å². The average molecular weight is 344 g/mol. The number of benzene rings is 2. The zero-order valence-electron chi connectivity index (χ0n) is 15.2. The molecule has 2 heterocycles. The average Bonchev–Trinajstić information content (AvgIpc) is 3.28. The maximum Gasteiger partial charge on any atom is 0.108 e. The summed E-state index contributed by atoms with van der Waals surface area (Å²) < 4.78 is 0. The SMILES string of the molecule is Cc1ccc2c3c1-c1cccnc1C31c3ncccc3-c3c(C)ccc-2c31. The van der Waals surface area contributed by atoms with Crippen molar-refractivity contribution in [3.8, 4) is 33.4 Å². The van der Waals surface area contributed by atoms with Crippen LogP contribution in [0.4, 0.5) is 0 Å². The van der Waals surface area contributed by atoms with E-state index in [1.807, 2.05) is 12.4 Å². The lowest BCUT2D eigenvalue weighted by Crippen LogP contribution is -2.25. The summed E-state index contributed by atoms with van der Waals surface area (Å²) in [5.41, 5.74) is 15.3. The standard InChI is InChI=1S/C25H16N2/c1-13-7-9-15-16-10-8-14(2)20-18-6-4-12-27-24(18)25(22(16)20)21(15)19(13)17-5-3-11-26-23(17)25/h3-12H,1-2H3. The zero-order chi connectivity index (χ0) is 17.9. The van der Waals surface area contributed by atoms with Gasteiger partial charge >= 0.3 is 0 Å². The summed E-state index contributed by atoms with van der Waals surface area (Å²) in [6.07, 6.45) is 3.87. The maximum absolute atomic E-state index is 4.96. The fourth-order valence-corrected chi connectivity index (χ4v) is 5.86. The van der Waals surface area contributed by atoms with E-state index in [1.54, 1.807) is 0 Å². The molecular formula is C25H16N2. The van der Waals surface area contributed by atoms with Crippen LogP contribution in [-0.4, -0.2) is 9.97 Å². The minimum atomic E-state index is -0.347. The lowest BCUT2D eigenvalue weighted by atomic mass is 9.78. The molecule has 4 aromatic rings. The zero-order valence-corrected chi connectivity index (χ0v) is 15.2. The number of aromatic nitrogens is 2. The number of fused-ring (bicyclic) bond motifs is 5. The second-order valence-electron chi connectivity index (χ2n) is 7.91. The summed E-state index contributed by atoms with van der Waals surface area (Å²) in [7, 11) is 0. The predicted molar refractivity (Wildman–Crippen MR) is 107 cm³/mol. The van der Waals surface area contributed by atoms with Crippen molar-refractivity contribution in [3.63, 3.8) is 0 Å². The molecule has 0 radical (unpaired) electrons. The molecule has 2 aromatic carbocycles. The van der Waals surface area contributed by atoms with Gasteiger partial charge in [0.25, 0.3) is 0 Å². The van der Waals surface area contributed by atoms with Gasteiger partial charge in [0.2, 0.25) is 0 Å². The van der Waals surface area contributed by atoms with E-state index in [0.717, 1.165) is 11.4 Å². The summed E-state index contributed by atoms with van der Waals surface area (Å²) in [6.45, 7) is 4.43. The normalized spacial score (nSPS) is 15.3. The third-order valence-electron chi connectivity index (χ3n) is 6.73. The summed E-state index contributed by atoms with van der Waals surface area (Å²) >= 11 is 0. The fraction of sp³-hybridized carbons (Fsp3) is 0.120. The van der Waals surface area contributed by atoms with Gasteiger partial charge in [-0.3, -0.25) is 9.97 Å². The molecule has 0 unspecified atom stereocenters. The highest BCUT2D eigenvalue weighted by atomic mass is 14.8. The first-order chi connectivity index (χ1) is 13.2. The highest BCUT2D eigenvalue weighted by molar-refractivity contribution is 6.06. The molecule has 7 rings (SSSR count). The number of rotatable bonds is 0. The minimum Gasteiger partial charge on any atom is -0.259 e. The number of nitrogens with zero attached hydrogens (tertiary/aromatic N) is 2. The topological polar surface area (TPSA) is 25.8 Å². The molecule has 3 aliphatic carbocycles. The van der Waals surface area contributed by atoms with Gasteiger partial charge in [0.05, 0.1) is 11.4 Å². The van der Waals surface area contributed by atoms with Crippen LogP contribution in [0.15, 0.2) is 60.9 Å². The molecule has 2 aromatic heterocycles. The molecule has 1 spiro atoms. The van der Waals surface area contributed by atoms with Crippen LogP contribution < -0.4 is 0 Å². The molecule has 2 heteroatoms. The van der Waals surface area contributed by atoms with Crippen LogP contribution in [0.2, 0.25) is 0 Å². The molecular weight excluding hydrogens is 328 g/mol. The molecule has 126 valence electrons. The Hall–Kier alpha value is -3.26. The smallest absolute Gasteiger partial charge is 0.108 e. The summed E-state index contributed by atoms with van der Waals surface area (Å²) in [4.78, 5) is 9.93. The van der Waals surface area contributed by atoms with Gasteiger partial charge in [-0.05, 0) is 70.5 Å². The van der Waals surface area contributed by atoms with Gasteiger partial charge < -0.3 is 0 Å². The Morgan fingerprint density at radius 2 is 1.07 bits per heavy atom. The van der Waals surface area contributed by atoms with Crippen molar-refractivity contribution in [3.05, 3.63) is 94.6 Å². The van der Waals surface area contributed by atoms with Gasteiger partial charge in [0, 0.05) is 23.5 Å². The Labute approximate surface area is 157 Å². The number of hydrogen-bond donors (Lipinski definition) is 0. The monoisotopic (exact) mass is 344 g/mol. The first kappa shape index (κ1) is 13.9. The van der Waals surface area contributed by atoms with Crippen molar-refractivity contribution in [2.45, 2.75) is 19.3 Å². The molecule has 0 saturated carbocycles. The first-order valence-corrected chi connectivity index (χ1v) is 9.45. The van der Waals surface area contributed by atoms with E-state index >= 15 is 0 Å². The number of aryl methyl sites for hydroxylation is 2. The first-order valence-electron chi connectivity index (χ1n) is 9.45. The second-order valence-corrected chi connectivity index (χ2v) is 7.91. The maximum atomic E-state index is 4.96. The number of hydrogen-bond acceptors (Lipinski definition) is 2. The predicted octanol–water partition coefficient (Wildman–Crippen LogP) is 5.42. The second kappa shape index (κ2) is 4.17. The van der Waals surface area contributed by atoms with Gasteiger partial charge in [0.15, 0.2) is 0 Å². The van der Waals surface area contributed by atoms with Crippen molar-refractivity contribution in [2.75, 3.05) is 0 Å². The molecule has 0 N–H and O–H groups in total. The largest absolute Gasteiger partial charge is 0.259 e. The highest BCUT2D eigenvalue weighted by Gasteiger charge is 2.60. The van der Waals surface area contributed by atoms with E-state index in [-0.39, 0.29) is 5.41 Å². The van der Waals surface area contributed by atoms with E-state index in [1.165, 1.54) is 55.6 Å². The van der Waals surface area contributed by atoms with Crippen LogP contribution in [0.5, 0.6) is 0 Å². The minimum absolute atomic E-state index is 0.347. The van der Waals surface area contributed by atoms with Crippen LogP contribution in [0, 0.1) is 13.8 Å². The van der Waals surface area contributed by atoms with E-state index < -0.39 is 0 Å². The van der Waals surface area contributed by atoms with Crippen LogP contribution in [0.1, 0.15) is 33.6 Å². The summed E-state index contributed by atoms with van der Waals surface area (Å²) in [5, 5.41) is 0. The molecule has 2 nitrogen and oxygen atoms in total. The van der Waals surface area contributed by atoms with Crippen molar-refractivity contribution in [2.24, 2.45) is 0 Å². The van der Waals surface area contributed by atoms with Crippen molar-refractivity contribution in [1.29, 1.82) is 0 Å². The Balaban J connectivity index is 1.84. The molecule has 27 heavy (non-hydrogen) atoms. The Morgan fingerprint density at radius 1 is 0.593 bits per heavy atom. The van der Waals surface area contributed by atoms with E-state index in [2.05, 4.69) is 62.4 Å². The van der Waals surface area contributed by atoms with Gasteiger partial charge in [-0.1, -0.05) is 36.4 Å². The highest BCUT2D eigenvalue weighted by Crippen LogP contribution is 2.69. The summed E-state index contributed by atoms with van der Waals surface area (Å²) in [5.74, 6) is 0. The van der Waals surface area contributed by atoms with Gasteiger partial charge in [-0.25, -0.2) is 0 Å². The Kier molecular flexibility index (Phi) is 2.15. The molecule has 0 saturated heterocycles. The van der Waals surface area contributed by atoms with E-state index in [4.69, 9.17) is 9.97 Å². The summed E-state index contributed by atoms with van der Waals surface area (Å²) in [6, 6.07) is 17.7. The van der Waals surface area contributed by atoms with Crippen LogP contribution in [0.25, 0.3) is 33.4 Å². The van der Waals surface area contributed by atoms with Crippen molar-refractivity contribution in [1.82, 2.24) is 9.97 Å². The molecule has 0 fully saturated rings. The van der Waals surface area contributed by atoms with Crippen LogP contribution in [-0.2, 0) is 5.41 Å². The van der Waals surface area contributed by atoms with Crippen molar-refractivity contribution >= 4 is 0 Å². The molecule has 0 amide bonds. The Morgan fingerprint density at radius 3 is 1.56 bits per heavy atom. The molecule has 3 aliphatic rings. The van der Waals surface area contributed by atoms with Gasteiger partial charge in [0.1, 0.15) is 5.41 Å². The van der Waals surface area contributed by atoms with Gasteiger partial charge in [-0.15, -0.1) is 0 Å². The quantitative estimate of drug-likeness (QED) is 0.367. The van der Waals surface area contributed by atoms with Crippen LogP contribution >= 0.6 is 0 Å². The van der Waals surface area contributed by atoms with Crippen LogP contribution in [0.3, 0.4) is 0 Å². The molecule has 0 aliphatic heterocycles. The third kappa shape index (κ3) is 1.24. The van der Waals surface area contributed by atoms with Gasteiger partial charge in [-0.2, -0.15) is 0 Å². The Bertz CT molecular complexity index is 1240. The number of pyridine rings is 2. The fourth-order valence-electron chi connectivity index (χ4n) is 5.86. The third-order valence-corrected chi connectivity index (χ3v) is 6.73. The lowest BCUT2D eigenvalue weighted by Gasteiger charge is -2.24. The van der Waals surface area contributed by atoms with E-state index in [0.29, 0.717) is 0 Å².